The van der Waals surface area contributed by atoms with Crippen LogP contribution in [-0.4, -0.2) is 16.3 Å². The van der Waals surface area contributed by atoms with Gasteiger partial charge in [-0.2, -0.15) is 5.10 Å². The lowest BCUT2D eigenvalue weighted by atomic mass is 10.1. The van der Waals surface area contributed by atoms with Crippen LogP contribution >= 0.6 is 27.7 Å². The second-order valence-corrected chi connectivity index (χ2v) is 5.77. The minimum Gasteiger partial charge on any atom is -0.330 e. The summed E-state index contributed by atoms with van der Waals surface area (Å²) in [5.41, 5.74) is 6.91. The molecule has 0 aliphatic heterocycles. The molecule has 3 nitrogen and oxygen atoms in total. The zero-order valence-corrected chi connectivity index (χ0v) is 12.0. The normalized spacial score (nSPS) is 10.8. The first kappa shape index (κ1) is 12.7. The van der Waals surface area contributed by atoms with Gasteiger partial charge in [0, 0.05) is 22.6 Å². The average molecular weight is 312 g/mol. The second-order valence-electron chi connectivity index (χ2n) is 3.74. The molecular weight excluding hydrogens is 298 g/mol. The number of hydrogen-bond donors (Lipinski definition) is 1. The summed E-state index contributed by atoms with van der Waals surface area (Å²) in [5.74, 6) is 0. The summed E-state index contributed by atoms with van der Waals surface area (Å²) < 4.78 is 2.90. The van der Waals surface area contributed by atoms with Crippen LogP contribution in [0.2, 0.25) is 0 Å². The van der Waals surface area contributed by atoms with E-state index in [4.69, 9.17) is 5.73 Å². The van der Waals surface area contributed by atoms with Crippen LogP contribution in [0.25, 0.3) is 0 Å². The topological polar surface area (TPSA) is 43.8 Å². The Morgan fingerprint density at radius 1 is 1.47 bits per heavy atom. The molecule has 0 aliphatic rings. The Morgan fingerprint density at radius 2 is 2.29 bits per heavy atom. The van der Waals surface area contributed by atoms with E-state index in [2.05, 4.69) is 39.2 Å². The van der Waals surface area contributed by atoms with Crippen molar-refractivity contribution >= 4 is 27.7 Å². The lowest BCUT2D eigenvalue weighted by Gasteiger charge is -2.07. The van der Waals surface area contributed by atoms with Crippen molar-refractivity contribution in [3.63, 3.8) is 0 Å². The number of nitrogens with zero attached hydrogens (tertiary/aromatic N) is 2. The van der Waals surface area contributed by atoms with E-state index < -0.39 is 0 Å². The Hall–Kier alpha value is -0.780. The zero-order chi connectivity index (χ0) is 12.3. The highest BCUT2D eigenvalue weighted by atomic mass is 79.9. The second kappa shape index (κ2) is 5.71. The van der Waals surface area contributed by atoms with Gasteiger partial charge in [-0.1, -0.05) is 27.7 Å². The van der Waals surface area contributed by atoms with E-state index in [1.807, 2.05) is 24.1 Å². The average Bonchev–Trinajstić information content (AvgIpc) is 2.69. The van der Waals surface area contributed by atoms with E-state index in [9.17, 15) is 0 Å². The van der Waals surface area contributed by atoms with E-state index in [1.165, 1.54) is 10.5 Å². The molecule has 2 N–H and O–H groups in total. The van der Waals surface area contributed by atoms with E-state index in [1.54, 1.807) is 11.8 Å². The van der Waals surface area contributed by atoms with E-state index in [0.717, 1.165) is 15.8 Å². The number of halogens is 1. The predicted molar refractivity (Wildman–Crippen MR) is 74.2 cm³/mol. The number of nitrogens with two attached hydrogens (primary N) is 1. The van der Waals surface area contributed by atoms with Gasteiger partial charge in [-0.25, -0.2) is 0 Å². The summed E-state index contributed by atoms with van der Waals surface area (Å²) >= 11 is 5.21. The van der Waals surface area contributed by atoms with Gasteiger partial charge in [0.15, 0.2) is 0 Å². The fourth-order valence-corrected chi connectivity index (χ4v) is 2.97. The van der Waals surface area contributed by atoms with Crippen molar-refractivity contribution in [3.8, 4) is 0 Å². The highest BCUT2D eigenvalue weighted by Crippen LogP contribution is 2.31. The molecule has 0 fully saturated rings. The molecule has 1 aromatic heterocycles. The first-order valence-corrected chi connectivity index (χ1v) is 6.95. The van der Waals surface area contributed by atoms with Gasteiger partial charge in [0.1, 0.15) is 0 Å². The van der Waals surface area contributed by atoms with Gasteiger partial charge in [0.25, 0.3) is 0 Å². The Labute approximate surface area is 114 Å². The Morgan fingerprint density at radius 3 is 2.94 bits per heavy atom. The van der Waals surface area contributed by atoms with Gasteiger partial charge < -0.3 is 5.73 Å². The highest BCUT2D eigenvalue weighted by molar-refractivity contribution is 9.10. The lowest BCUT2D eigenvalue weighted by Crippen LogP contribution is -2.03. The van der Waals surface area contributed by atoms with Crippen LogP contribution in [0.15, 0.2) is 44.9 Å². The van der Waals surface area contributed by atoms with Crippen molar-refractivity contribution in [2.24, 2.45) is 12.8 Å². The van der Waals surface area contributed by atoms with Crippen LogP contribution in [0.3, 0.4) is 0 Å². The van der Waals surface area contributed by atoms with Gasteiger partial charge in [-0.05, 0) is 36.7 Å². The molecule has 0 saturated heterocycles. The first-order chi connectivity index (χ1) is 8.19. The third kappa shape index (κ3) is 3.34. The van der Waals surface area contributed by atoms with Gasteiger partial charge in [-0.3, -0.25) is 4.68 Å². The quantitative estimate of drug-likeness (QED) is 0.944. The van der Waals surface area contributed by atoms with E-state index in [-0.39, 0.29) is 0 Å². The summed E-state index contributed by atoms with van der Waals surface area (Å²) in [5, 5.41) is 4.17. The molecule has 0 aliphatic carbocycles. The van der Waals surface area contributed by atoms with Gasteiger partial charge in [0.05, 0.1) is 11.1 Å². The summed E-state index contributed by atoms with van der Waals surface area (Å²) in [6.45, 7) is 0.664. The van der Waals surface area contributed by atoms with E-state index in [0.29, 0.717) is 6.54 Å². The molecule has 17 heavy (non-hydrogen) atoms. The molecule has 0 amide bonds. The zero-order valence-electron chi connectivity index (χ0n) is 9.56. The fraction of sp³-hybridized carbons (Fsp3) is 0.250. The number of benzene rings is 1. The molecule has 90 valence electrons. The molecule has 0 saturated carbocycles. The first-order valence-electron chi connectivity index (χ1n) is 5.34. The number of aromatic nitrogens is 2. The Bertz CT molecular complexity index is 510. The van der Waals surface area contributed by atoms with Gasteiger partial charge in [-0.15, -0.1) is 0 Å². The van der Waals surface area contributed by atoms with Crippen LogP contribution in [0, 0.1) is 0 Å². The summed E-state index contributed by atoms with van der Waals surface area (Å²) in [4.78, 5) is 2.39. The van der Waals surface area contributed by atoms with Crippen molar-refractivity contribution < 1.29 is 0 Å². The monoisotopic (exact) mass is 311 g/mol. The van der Waals surface area contributed by atoms with Crippen molar-refractivity contribution in [3.05, 3.63) is 40.6 Å². The lowest BCUT2D eigenvalue weighted by molar-refractivity contribution is 0.766. The maximum absolute atomic E-state index is 5.64. The molecule has 0 unspecified atom stereocenters. The molecule has 2 rings (SSSR count). The van der Waals surface area contributed by atoms with Crippen LogP contribution in [0.5, 0.6) is 0 Å². The van der Waals surface area contributed by atoms with Crippen LogP contribution in [0.1, 0.15) is 5.56 Å². The smallest absolute Gasteiger partial charge is 0.0629 e. The molecule has 5 heteroatoms. The van der Waals surface area contributed by atoms with Gasteiger partial charge >= 0.3 is 0 Å². The molecular formula is C12H14BrN3S. The molecule has 0 bridgehead atoms. The molecule has 1 heterocycles. The number of hydrogen-bond acceptors (Lipinski definition) is 3. The SMILES string of the molecule is Cn1cc(Sc2ccc(Br)cc2CCN)cn1. The molecule has 2 aromatic rings. The molecule has 0 atom stereocenters. The summed E-state index contributed by atoms with van der Waals surface area (Å²) in [6, 6.07) is 6.30. The van der Waals surface area contributed by atoms with Crippen molar-refractivity contribution in [1.29, 1.82) is 0 Å². The molecule has 0 spiro atoms. The predicted octanol–water partition coefficient (Wildman–Crippen LogP) is 2.84. The Kier molecular flexibility index (Phi) is 4.25. The van der Waals surface area contributed by atoms with Crippen molar-refractivity contribution in [1.82, 2.24) is 9.78 Å². The summed E-state index contributed by atoms with van der Waals surface area (Å²) in [7, 11) is 1.92. The van der Waals surface area contributed by atoms with Gasteiger partial charge in [0.2, 0.25) is 0 Å². The summed E-state index contributed by atoms with van der Waals surface area (Å²) in [6.07, 6.45) is 4.78. The minimum absolute atomic E-state index is 0.664. The maximum atomic E-state index is 5.64. The van der Waals surface area contributed by atoms with Crippen LogP contribution in [-0.2, 0) is 13.5 Å². The third-order valence-corrected chi connectivity index (χ3v) is 3.90. The highest BCUT2D eigenvalue weighted by Gasteiger charge is 2.06. The minimum atomic E-state index is 0.664. The van der Waals surface area contributed by atoms with Crippen molar-refractivity contribution in [2.45, 2.75) is 16.2 Å². The largest absolute Gasteiger partial charge is 0.330 e. The molecule has 0 radical (unpaired) electrons. The Balaban J connectivity index is 2.25. The molecule has 1 aromatic carbocycles. The number of rotatable bonds is 4. The fourth-order valence-electron chi connectivity index (χ4n) is 1.58. The maximum Gasteiger partial charge on any atom is 0.0629 e. The van der Waals surface area contributed by atoms with E-state index >= 15 is 0 Å². The standard InChI is InChI=1S/C12H14BrN3S/c1-16-8-11(7-15-16)17-12-3-2-10(13)6-9(12)4-5-14/h2-3,6-8H,4-5,14H2,1H3. The third-order valence-electron chi connectivity index (χ3n) is 2.35. The van der Waals surface area contributed by atoms with Crippen LogP contribution < -0.4 is 5.73 Å². The van der Waals surface area contributed by atoms with Crippen LogP contribution in [0.4, 0.5) is 0 Å². The van der Waals surface area contributed by atoms with Crippen molar-refractivity contribution in [2.75, 3.05) is 6.54 Å². The number of aryl methyl sites for hydroxylation is 1.